The van der Waals surface area contributed by atoms with Crippen molar-refractivity contribution in [2.45, 2.75) is 31.8 Å². The van der Waals surface area contributed by atoms with Gasteiger partial charge in [-0.2, -0.15) is 0 Å². The van der Waals surface area contributed by atoms with Gasteiger partial charge in [-0.05, 0) is 31.6 Å². The monoisotopic (exact) mass is 280 g/mol. The fourth-order valence-electron chi connectivity index (χ4n) is 2.44. The summed E-state index contributed by atoms with van der Waals surface area (Å²) in [6.45, 7) is 0.726. The number of hydrogen-bond acceptors (Lipinski definition) is 6. The van der Waals surface area contributed by atoms with Crippen LogP contribution in [0.1, 0.15) is 25.7 Å². The fraction of sp³-hybridized carbons (Fsp3) is 0.615. The number of nitro groups is 1. The number of rotatable bonds is 5. The Labute approximate surface area is 117 Å². The van der Waals surface area contributed by atoms with Crippen LogP contribution in [0.15, 0.2) is 12.1 Å². The van der Waals surface area contributed by atoms with Crippen LogP contribution < -0.4 is 10.6 Å². The molecule has 1 aromatic rings. The minimum Gasteiger partial charge on any atom is -0.393 e. The third kappa shape index (κ3) is 3.80. The minimum atomic E-state index is -0.426. The van der Waals surface area contributed by atoms with Crippen molar-refractivity contribution in [1.29, 1.82) is 0 Å². The molecule has 0 bridgehead atoms. The molecule has 7 nitrogen and oxygen atoms in total. The summed E-state index contributed by atoms with van der Waals surface area (Å²) in [7, 11) is 1.68. The topological polar surface area (TPSA) is 100 Å². The maximum atomic E-state index is 10.9. The van der Waals surface area contributed by atoms with Gasteiger partial charge in [-0.15, -0.1) is 0 Å². The first kappa shape index (κ1) is 14.5. The van der Waals surface area contributed by atoms with E-state index in [0.29, 0.717) is 17.6 Å². The number of aliphatic hydroxyl groups is 1. The van der Waals surface area contributed by atoms with Crippen molar-refractivity contribution >= 4 is 17.3 Å². The predicted molar refractivity (Wildman–Crippen MR) is 76.9 cm³/mol. The first-order valence-electron chi connectivity index (χ1n) is 6.84. The van der Waals surface area contributed by atoms with Crippen LogP contribution in [0.3, 0.4) is 0 Å². The average Bonchev–Trinajstić information content (AvgIpc) is 2.46. The van der Waals surface area contributed by atoms with E-state index in [4.69, 9.17) is 0 Å². The zero-order valence-corrected chi connectivity index (χ0v) is 11.5. The van der Waals surface area contributed by atoms with Gasteiger partial charge in [-0.3, -0.25) is 10.1 Å². The van der Waals surface area contributed by atoms with E-state index in [1.54, 1.807) is 7.05 Å². The highest BCUT2D eigenvalue weighted by Gasteiger charge is 2.19. The molecule has 110 valence electrons. The Morgan fingerprint density at radius 2 is 2.00 bits per heavy atom. The molecule has 1 aliphatic carbocycles. The van der Waals surface area contributed by atoms with Gasteiger partial charge in [0.2, 0.25) is 0 Å². The molecule has 1 heterocycles. The van der Waals surface area contributed by atoms with Crippen molar-refractivity contribution in [3.05, 3.63) is 22.2 Å². The molecule has 1 aliphatic rings. The highest BCUT2D eigenvalue weighted by atomic mass is 16.6. The number of hydrogen-bond donors (Lipinski definition) is 3. The van der Waals surface area contributed by atoms with Gasteiger partial charge >= 0.3 is 0 Å². The average molecular weight is 280 g/mol. The molecule has 0 aliphatic heterocycles. The molecule has 7 heteroatoms. The second-order valence-electron chi connectivity index (χ2n) is 5.16. The summed E-state index contributed by atoms with van der Waals surface area (Å²) in [5, 5.41) is 26.3. The van der Waals surface area contributed by atoms with E-state index >= 15 is 0 Å². The summed E-state index contributed by atoms with van der Waals surface area (Å²) in [6, 6.07) is 2.85. The highest BCUT2D eigenvalue weighted by Crippen LogP contribution is 2.25. The zero-order chi connectivity index (χ0) is 14.5. The van der Waals surface area contributed by atoms with Gasteiger partial charge in [-0.1, -0.05) is 0 Å². The Balaban J connectivity index is 1.98. The molecule has 0 radical (unpaired) electrons. The molecule has 1 saturated carbocycles. The summed E-state index contributed by atoms with van der Waals surface area (Å²) >= 11 is 0. The Hall–Kier alpha value is -1.89. The molecule has 20 heavy (non-hydrogen) atoms. The van der Waals surface area contributed by atoms with Gasteiger partial charge in [0, 0.05) is 13.6 Å². The maximum Gasteiger partial charge on any atom is 0.276 e. The van der Waals surface area contributed by atoms with E-state index in [-0.39, 0.29) is 11.8 Å². The van der Waals surface area contributed by atoms with E-state index in [1.165, 1.54) is 12.1 Å². The maximum absolute atomic E-state index is 10.9. The van der Waals surface area contributed by atoms with E-state index in [0.717, 1.165) is 32.2 Å². The minimum absolute atomic E-state index is 0.0194. The van der Waals surface area contributed by atoms with E-state index in [9.17, 15) is 15.2 Å². The lowest BCUT2D eigenvalue weighted by atomic mass is 9.87. The lowest BCUT2D eigenvalue weighted by Crippen LogP contribution is -2.23. The molecule has 1 aromatic heterocycles. The second kappa shape index (κ2) is 6.51. The third-order valence-corrected chi connectivity index (χ3v) is 3.67. The largest absolute Gasteiger partial charge is 0.393 e. The Morgan fingerprint density at radius 3 is 2.60 bits per heavy atom. The van der Waals surface area contributed by atoms with E-state index < -0.39 is 4.92 Å². The highest BCUT2D eigenvalue weighted by molar-refractivity contribution is 5.54. The first-order chi connectivity index (χ1) is 9.58. The quantitative estimate of drug-likeness (QED) is 0.563. The Kier molecular flexibility index (Phi) is 4.73. The molecule has 0 amide bonds. The summed E-state index contributed by atoms with van der Waals surface area (Å²) < 4.78 is 0. The molecule has 1 fully saturated rings. The van der Waals surface area contributed by atoms with Crippen molar-refractivity contribution in [3.63, 3.8) is 0 Å². The van der Waals surface area contributed by atoms with Gasteiger partial charge in [0.05, 0.1) is 23.2 Å². The van der Waals surface area contributed by atoms with Crippen LogP contribution in [0.25, 0.3) is 0 Å². The van der Waals surface area contributed by atoms with Gasteiger partial charge in [0.15, 0.2) is 0 Å². The predicted octanol–water partition coefficient (Wildman–Crippen LogP) is 1.99. The van der Waals surface area contributed by atoms with Crippen molar-refractivity contribution < 1.29 is 10.0 Å². The van der Waals surface area contributed by atoms with Crippen LogP contribution in [0.4, 0.5) is 17.3 Å². The van der Waals surface area contributed by atoms with Gasteiger partial charge in [-0.25, -0.2) is 4.98 Å². The molecule has 3 N–H and O–H groups in total. The van der Waals surface area contributed by atoms with Crippen molar-refractivity contribution in [3.8, 4) is 0 Å². The van der Waals surface area contributed by atoms with Crippen LogP contribution in [0, 0.1) is 16.0 Å². The van der Waals surface area contributed by atoms with Crippen LogP contribution >= 0.6 is 0 Å². The van der Waals surface area contributed by atoms with Gasteiger partial charge in [0.1, 0.15) is 11.6 Å². The zero-order valence-electron chi connectivity index (χ0n) is 11.5. The number of nitrogens with one attached hydrogen (secondary N) is 2. The molecular weight excluding hydrogens is 260 g/mol. The summed E-state index contributed by atoms with van der Waals surface area (Å²) in [6.07, 6.45) is 3.44. The van der Waals surface area contributed by atoms with E-state index in [2.05, 4.69) is 15.6 Å². The standard InChI is InChI=1S/C13H20N4O3/c1-14-12-6-10(17(19)20)7-13(16-12)15-8-9-2-4-11(18)5-3-9/h6-7,9,11,18H,2-5,8H2,1H3,(H2,14,15,16). The lowest BCUT2D eigenvalue weighted by Gasteiger charge is -2.25. The normalized spacial score (nSPS) is 22.3. The molecule has 0 aromatic carbocycles. The fourth-order valence-corrected chi connectivity index (χ4v) is 2.44. The number of nitrogens with zero attached hydrogens (tertiary/aromatic N) is 2. The number of anilines is 2. The van der Waals surface area contributed by atoms with Gasteiger partial charge in [0.25, 0.3) is 5.69 Å². The molecule has 2 rings (SSSR count). The molecular formula is C13H20N4O3. The SMILES string of the molecule is CNc1cc([N+](=O)[O-])cc(NCC2CCC(O)CC2)n1. The molecule has 0 saturated heterocycles. The summed E-state index contributed by atoms with van der Waals surface area (Å²) in [5.41, 5.74) is 0.0194. The number of pyridine rings is 1. The van der Waals surface area contributed by atoms with Crippen LogP contribution in [0.5, 0.6) is 0 Å². The van der Waals surface area contributed by atoms with Gasteiger partial charge < -0.3 is 15.7 Å². The Bertz CT molecular complexity index is 473. The van der Waals surface area contributed by atoms with Crippen molar-refractivity contribution in [1.82, 2.24) is 4.98 Å². The Morgan fingerprint density at radius 1 is 1.35 bits per heavy atom. The summed E-state index contributed by atoms with van der Waals surface area (Å²) in [4.78, 5) is 14.7. The second-order valence-corrected chi connectivity index (χ2v) is 5.16. The number of aromatic nitrogens is 1. The van der Waals surface area contributed by atoms with Crippen molar-refractivity contribution in [2.24, 2.45) is 5.92 Å². The molecule has 0 spiro atoms. The molecule has 0 unspecified atom stereocenters. The van der Waals surface area contributed by atoms with Crippen LogP contribution in [-0.4, -0.2) is 34.7 Å². The first-order valence-corrected chi connectivity index (χ1v) is 6.84. The molecule has 0 atom stereocenters. The summed E-state index contributed by atoms with van der Waals surface area (Å²) in [5.74, 6) is 1.47. The van der Waals surface area contributed by atoms with Crippen LogP contribution in [-0.2, 0) is 0 Å². The lowest BCUT2D eigenvalue weighted by molar-refractivity contribution is -0.384. The number of aliphatic hydroxyl groups excluding tert-OH is 1. The third-order valence-electron chi connectivity index (χ3n) is 3.67. The van der Waals surface area contributed by atoms with Crippen LogP contribution in [0.2, 0.25) is 0 Å². The van der Waals surface area contributed by atoms with E-state index in [1.807, 2.05) is 0 Å². The smallest absolute Gasteiger partial charge is 0.276 e. The van der Waals surface area contributed by atoms with Crippen molar-refractivity contribution in [2.75, 3.05) is 24.2 Å².